The van der Waals surface area contributed by atoms with Gasteiger partial charge in [0.15, 0.2) is 0 Å². The van der Waals surface area contributed by atoms with Crippen LogP contribution in [0, 0.1) is 0 Å². The SMILES string of the molecule is CCC(C)c1csc(C2CCOc3ccccc32)n1. The smallest absolute Gasteiger partial charge is 0.123 e. The number of fused-ring (bicyclic) bond motifs is 1. The van der Waals surface area contributed by atoms with Crippen LogP contribution >= 0.6 is 11.3 Å². The summed E-state index contributed by atoms with van der Waals surface area (Å²) >= 11 is 1.80. The Kier molecular flexibility index (Phi) is 3.56. The van der Waals surface area contributed by atoms with Gasteiger partial charge in [-0.15, -0.1) is 11.3 Å². The van der Waals surface area contributed by atoms with Crippen molar-refractivity contribution in [2.75, 3.05) is 6.61 Å². The Morgan fingerprint density at radius 1 is 1.42 bits per heavy atom. The van der Waals surface area contributed by atoms with E-state index in [2.05, 4.69) is 37.4 Å². The van der Waals surface area contributed by atoms with Gasteiger partial charge in [-0.25, -0.2) is 4.98 Å². The van der Waals surface area contributed by atoms with Crippen LogP contribution in [0.2, 0.25) is 0 Å². The van der Waals surface area contributed by atoms with E-state index in [1.807, 2.05) is 6.07 Å². The van der Waals surface area contributed by atoms with Gasteiger partial charge in [0, 0.05) is 16.9 Å². The van der Waals surface area contributed by atoms with Crippen LogP contribution in [0.15, 0.2) is 29.6 Å². The van der Waals surface area contributed by atoms with E-state index in [-0.39, 0.29) is 0 Å². The molecule has 3 rings (SSSR count). The Morgan fingerprint density at radius 2 is 2.26 bits per heavy atom. The van der Waals surface area contributed by atoms with Gasteiger partial charge < -0.3 is 4.74 Å². The molecule has 2 heterocycles. The number of thiazole rings is 1. The third kappa shape index (κ3) is 2.39. The highest BCUT2D eigenvalue weighted by Gasteiger charge is 2.25. The van der Waals surface area contributed by atoms with Crippen LogP contribution in [-0.2, 0) is 0 Å². The van der Waals surface area contributed by atoms with Crippen molar-refractivity contribution in [1.29, 1.82) is 0 Å². The van der Waals surface area contributed by atoms with Crippen LogP contribution < -0.4 is 4.74 Å². The van der Waals surface area contributed by atoms with Gasteiger partial charge >= 0.3 is 0 Å². The fourth-order valence-corrected chi connectivity index (χ4v) is 3.59. The van der Waals surface area contributed by atoms with Crippen molar-refractivity contribution in [2.24, 2.45) is 0 Å². The van der Waals surface area contributed by atoms with E-state index < -0.39 is 0 Å². The number of rotatable bonds is 3. The predicted molar refractivity (Wildman–Crippen MR) is 79.2 cm³/mol. The molecule has 0 fully saturated rings. The van der Waals surface area contributed by atoms with Crippen LogP contribution in [0.3, 0.4) is 0 Å². The first kappa shape index (κ1) is 12.7. The maximum absolute atomic E-state index is 5.73. The lowest BCUT2D eigenvalue weighted by Crippen LogP contribution is -2.15. The lowest BCUT2D eigenvalue weighted by molar-refractivity contribution is 0.276. The first-order valence-electron chi connectivity index (χ1n) is 6.96. The molecule has 19 heavy (non-hydrogen) atoms. The first-order chi connectivity index (χ1) is 9.29. The fourth-order valence-electron chi connectivity index (χ4n) is 2.49. The molecule has 1 aliphatic rings. The summed E-state index contributed by atoms with van der Waals surface area (Å²) in [7, 11) is 0. The maximum Gasteiger partial charge on any atom is 0.123 e. The molecule has 0 aliphatic carbocycles. The van der Waals surface area contributed by atoms with Crippen molar-refractivity contribution in [3.63, 3.8) is 0 Å². The summed E-state index contributed by atoms with van der Waals surface area (Å²) in [6.45, 7) is 5.25. The molecule has 3 heteroatoms. The summed E-state index contributed by atoms with van der Waals surface area (Å²) in [6.07, 6.45) is 2.18. The van der Waals surface area contributed by atoms with Gasteiger partial charge in [-0.1, -0.05) is 32.0 Å². The zero-order valence-corrected chi connectivity index (χ0v) is 12.2. The average molecular weight is 273 g/mol. The standard InChI is InChI=1S/C16H19NOS/c1-3-11(2)14-10-19-16(17-14)13-8-9-18-15-7-5-4-6-12(13)15/h4-7,10-11,13H,3,8-9H2,1-2H3. The van der Waals surface area contributed by atoms with E-state index in [4.69, 9.17) is 9.72 Å². The molecule has 2 nitrogen and oxygen atoms in total. The molecule has 1 aromatic carbocycles. The molecule has 2 unspecified atom stereocenters. The van der Waals surface area contributed by atoms with Crippen LogP contribution in [0.4, 0.5) is 0 Å². The van der Waals surface area contributed by atoms with Crippen molar-refractivity contribution in [3.8, 4) is 5.75 Å². The summed E-state index contributed by atoms with van der Waals surface area (Å²) in [4.78, 5) is 4.87. The minimum absolute atomic E-state index is 0.410. The van der Waals surface area contributed by atoms with Gasteiger partial charge in [0.05, 0.1) is 12.3 Å². The van der Waals surface area contributed by atoms with Crippen LogP contribution in [0.1, 0.15) is 54.8 Å². The molecule has 0 spiro atoms. The number of para-hydroxylation sites is 1. The Morgan fingerprint density at radius 3 is 3.11 bits per heavy atom. The van der Waals surface area contributed by atoms with Crippen molar-refractivity contribution in [3.05, 3.63) is 45.9 Å². The zero-order valence-electron chi connectivity index (χ0n) is 11.4. The lowest BCUT2D eigenvalue weighted by atomic mass is 9.94. The summed E-state index contributed by atoms with van der Waals surface area (Å²) < 4.78 is 5.73. The summed E-state index contributed by atoms with van der Waals surface area (Å²) in [5.74, 6) is 1.99. The van der Waals surface area contributed by atoms with Gasteiger partial charge in [0.2, 0.25) is 0 Å². The van der Waals surface area contributed by atoms with E-state index in [0.29, 0.717) is 11.8 Å². The van der Waals surface area contributed by atoms with Crippen molar-refractivity contribution < 1.29 is 4.74 Å². The third-order valence-corrected chi connectivity index (χ3v) is 4.89. The van der Waals surface area contributed by atoms with Gasteiger partial charge in [-0.05, 0) is 24.8 Å². The molecule has 100 valence electrons. The van der Waals surface area contributed by atoms with Gasteiger partial charge in [0.1, 0.15) is 10.8 Å². The monoisotopic (exact) mass is 273 g/mol. The molecule has 2 atom stereocenters. The second-order valence-corrected chi connectivity index (χ2v) is 6.04. The van der Waals surface area contributed by atoms with Crippen molar-refractivity contribution in [2.45, 2.75) is 38.5 Å². The van der Waals surface area contributed by atoms with Crippen LogP contribution in [0.5, 0.6) is 5.75 Å². The lowest BCUT2D eigenvalue weighted by Gasteiger charge is -2.24. The molecule has 0 radical (unpaired) electrons. The number of hydrogen-bond acceptors (Lipinski definition) is 3. The second kappa shape index (κ2) is 5.33. The van der Waals surface area contributed by atoms with E-state index in [0.717, 1.165) is 25.2 Å². The largest absolute Gasteiger partial charge is 0.493 e. The predicted octanol–water partition coefficient (Wildman–Crippen LogP) is 4.57. The second-order valence-electron chi connectivity index (χ2n) is 5.15. The minimum atomic E-state index is 0.410. The molecule has 1 aliphatic heterocycles. The molecule has 0 saturated carbocycles. The number of benzene rings is 1. The molecule has 0 amide bonds. The van der Waals surface area contributed by atoms with E-state index in [1.54, 1.807) is 11.3 Å². The van der Waals surface area contributed by atoms with Gasteiger partial charge in [-0.3, -0.25) is 0 Å². The maximum atomic E-state index is 5.73. The summed E-state index contributed by atoms with van der Waals surface area (Å²) in [6, 6.07) is 8.35. The summed E-state index contributed by atoms with van der Waals surface area (Å²) in [5.41, 5.74) is 2.53. The zero-order chi connectivity index (χ0) is 13.2. The normalized spacial score (nSPS) is 19.6. The average Bonchev–Trinajstić information content (AvgIpc) is 2.95. The third-order valence-electron chi connectivity index (χ3n) is 3.91. The Labute approximate surface area is 118 Å². The number of nitrogens with zero attached hydrogens (tertiary/aromatic N) is 1. The Balaban J connectivity index is 1.93. The Hall–Kier alpha value is -1.35. The minimum Gasteiger partial charge on any atom is -0.493 e. The summed E-state index contributed by atoms with van der Waals surface area (Å²) in [5, 5.41) is 3.47. The van der Waals surface area contributed by atoms with E-state index >= 15 is 0 Å². The van der Waals surface area contributed by atoms with Gasteiger partial charge in [0.25, 0.3) is 0 Å². The highest BCUT2D eigenvalue weighted by molar-refractivity contribution is 7.09. The van der Waals surface area contributed by atoms with Crippen molar-refractivity contribution >= 4 is 11.3 Å². The van der Waals surface area contributed by atoms with Crippen LogP contribution in [-0.4, -0.2) is 11.6 Å². The highest BCUT2D eigenvalue weighted by atomic mass is 32.1. The molecule has 0 N–H and O–H groups in total. The molecular formula is C16H19NOS. The fraction of sp³-hybridized carbons (Fsp3) is 0.438. The van der Waals surface area contributed by atoms with E-state index in [9.17, 15) is 0 Å². The quantitative estimate of drug-likeness (QED) is 0.817. The van der Waals surface area contributed by atoms with Crippen molar-refractivity contribution in [1.82, 2.24) is 4.98 Å². The highest BCUT2D eigenvalue weighted by Crippen LogP contribution is 2.39. The molecule has 2 aromatic rings. The van der Waals surface area contributed by atoms with Gasteiger partial charge in [-0.2, -0.15) is 0 Å². The number of hydrogen-bond donors (Lipinski definition) is 0. The molecule has 0 saturated heterocycles. The van der Waals surface area contributed by atoms with E-state index in [1.165, 1.54) is 16.3 Å². The van der Waals surface area contributed by atoms with Crippen LogP contribution in [0.25, 0.3) is 0 Å². The topological polar surface area (TPSA) is 22.1 Å². The molecular weight excluding hydrogens is 254 g/mol. The first-order valence-corrected chi connectivity index (χ1v) is 7.84. The molecule has 0 bridgehead atoms. The Bertz CT molecular complexity index is 563. The molecule has 1 aromatic heterocycles. The number of ether oxygens (including phenoxy) is 1. The number of aromatic nitrogens is 1.